The molecule has 2 aromatic rings. The lowest BCUT2D eigenvalue weighted by Gasteiger charge is -2.25. The van der Waals surface area contributed by atoms with Crippen molar-refractivity contribution in [1.29, 1.82) is 0 Å². The Morgan fingerprint density at radius 3 is 2.12 bits per heavy atom. The van der Waals surface area contributed by atoms with Crippen LogP contribution in [-0.4, -0.2) is 28.4 Å². The molecule has 1 aliphatic rings. The number of benzene rings is 1. The van der Waals surface area contributed by atoms with Crippen molar-refractivity contribution < 1.29 is 18.9 Å². The summed E-state index contributed by atoms with van der Waals surface area (Å²) < 4.78 is 21.7. The molecule has 0 amide bonds. The Bertz CT molecular complexity index is 915. The summed E-state index contributed by atoms with van der Waals surface area (Å²) in [6.45, 7) is 4.14. The fraction of sp³-hybridized carbons (Fsp3) is 0.250. The molecular weight excluding hydrogens is 320 g/mol. The maximum atomic E-state index is 12.3. The minimum absolute atomic E-state index is 0.187. The van der Waals surface area contributed by atoms with Crippen molar-refractivity contribution >= 4 is 5.57 Å². The lowest BCUT2D eigenvalue weighted by atomic mass is 9.83. The van der Waals surface area contributed by atoms with Gasteiger partial charge >= 0.3 is 0 Å². The molecule has 0 atom stereocenters. The molecule has 0 spiro atoms. The molecule has 3 rings (SSSR count). The van der Waals surface area contributed by atoms with Gasteiger partial charge in [0.05, 0.1) is 28.4 Å². The first-order chi connectivity index (χ1) is 12.0. The molecule has 0 aliphatic heterocycles. The Hall–Kier alpha value is -2.95. The highest BCUT2D eigenvalue weighted by molar-refractivity contribution is 5.92. The van der Waals surface area contributed by atoms with Crippen LogP contribution in [-0.2, 0) is 6.42 Å². The normalized spacial score (nSPS) is 12.1. The summed E-state index contributed by atoms with van der Waals surface area (Å²) in [7, 11) is 6.22. The molecule has 0 aromatic heterocycles. The lowest BCUT2D eigenvalue weighted by molar-refractivity contribution is 0.324. The van der Waals surface area contributed by atoms with Crippen LogP contribution in [0.1, 0.15) is 11.1 Å². The van der Waals surface area contributed by atoms with E-state index in [9.17, 15) is 4.79 Å². The molecule has 0 radical (unpaired) electrons. The number of fused-ring (bicyclic) bond motifs is 3. The molecule has 1 aliphatic carbocycles. The van der Waals surface area contributed by atoms with Gasteiger partial charge in [0.1, 0.15) is 0 Å². The molecule has 0 saturated carbocycles. The summed E-state index contributed by atoms with van der Waals surface area (Å²) >= 11 is 0. The van der Waals surface area contributed by atoms with Crippen LogP contribution >= 0.6 is 0 Å². The molecule has 0 fully saturated rings. The van der Waals surface area contributed by atoms with E-state index in [1.54, 1.807) is 33.5 Å². The summed E-state index contributed by atoms with van der Waals surface area (Å²) in [4.78, 5) is 12.3. The van der Waals surface area contributed by atoms with E-state index in [4.69, 9.17) is 18.9 Å². The van der Waals surface area contributed by atoms with E-state index < -0.39 is 0 Å². The SMILES string of the molecule is C=C1Cc2cc(OC)c(OC)c(OC)c2-c2ccc(OC)c(=O)cc21. The molecule has 0 unspecified atom stereocenters. The van der Waals surface area contributed by atoms with Gasteiger partial charge in [0.15, 0.2) is 17.2 Å². The molecule has 5 nitrogen and oxygen atoms in total. The van der Waals surface area contributed by atoms with Gasteiger partial charge in [-0.25, -0.2) is 0 Å². The van der Waals surface area contributed by atoms with Gasteiger partial charge in [-0.15, -0.1) is 0 Å². The smallest absolute Gasteiger partial charge is 0.220 e. The summed E-state index contributed by atoms with van der Waals surface area (Å²) in [5.74, 6) is 1.96. The van der Waals surface area contributed by atoms with Crippen LogP contribution in [0.15, 0.2) is 35.6 Å². The van der Waals surface area contributed by atoms with Crippen molar-refractivity contribution in [3.63, 3.8) is 0 Å². The third kappa shape index (κ3) is 2.61. The Labute approximate surface area is 146 Å². The molecule has 0 N–H and O–H groups in total. The summed E-state index contributed by atoms with van der Waals surface area (Å²) in [5, 5.41) is 0. The number of rotatable bonds is 4. The Balaban J connectivity index is 2.42. The molecule has 0 heterocycles. The van der Waals surface area contributed by atoms with E-state index in [-0.39, 0.29) is 11.2 Å². The van der Waals surface area contributed by atoms with Crippen molar-refractivity contribution in [2.45, 2.75) is 6.42 Å². The van der Waals surface area contributed by atoms with Crippen molar-refractivity contribution in [2.75, 3.05) is 28.4 Å². The Morgan fingerprint density at radius 2 is 1.52 bits per heavy atom. The zero-order chi connectivity index (χ0) is 18.1. The van der Waals surface area contributed by atoms with Crippen molar-refractivity contribution in [1.82, 2.24) is 0 Å². The van der Waals surface area contributed by atoms with Gasteiger partial charge < -0.3 is 18.9 Å². The fourth-order valence-electron chi connectivity index (χ4n) is 3.26. The van der Waals surface area contributed by atoms with Crippen molar-refractivity contribution in [2.24, 2.45) is 0 Å². The van der Waals surface area contributed by atoms with E-state index in [1.807, 2.05) is 12.1 Å². The van der Waals surface area contributed by atoms with E-state index >= 15 is 0 Å². The highest BCUT2D eigenvalue weighted by atomic mass is 16.5. The van der Waals surface area contributed by atoms with Crippen LogP contribution in [0, 0.1) is 0 Å². The first-order valence-corrected chi connectivity index (χ1v) is 7.78. The first-order valence-electron chi connectivity index (χ1n) is 7.78. The average molecular weight is 340 g/mol. The van der Waals surface area contributed by atoms with Gasteiger partial charge in [0.25, 0.3) is 0 Å². The molecular formula is C20H20O5. The van der Waals surface area contributed by atoms with Gasteiger partial charge in [-0.05, 0) is 52.9 Å². The van der Waals surface area contributed by atoms with E-state index in [2.05, 4.69) is 6.58 Å². The van der Waals surface area contributed by atoms with E-state index in [0.29, 0.717) is 23.7 Å². The average Bonchev–Trinajstić information content (AvgIpc) is 2.78. The van der Waals surface area contributed by atoms with Gasteiger partial charge in [0, 0.05) is 5.56 Å². The minimum atomic E-state index is -0.187. The van der Waals surface area contributed by atoms with Crippen LogP contribution < -0.4 is 24.4 Å². The largest absolute Gasteiger partial charge is 0.493 e. The zero-order valence-corrected chi connectivity index (χ0v) is 14.8. The van der Waals surface area contributed by atoms with Crippen LogP contribution in [0.25, 0.3) is 16.7 Å². The predicted octanol–water partition coefficient (Wildman–Crippen LogP) is 3.32. The number of hydrogen-bond donors (Lipinski definition) is 0. The monoisotopic (exact) mass is 340 g/mol. The first kappa shape index (κ1) is 16.9. The summed E-state index contributed by atoms with van der Waals surface area (Å²) in [6.07, 6.45) is 0.588. The van der Waals surface area contributed by atoms with Crippen LogP contribution in [0.5, 0.6) is 23.0 Å². The Morgan fingerprint density at radius 1 is 0.840 bits per heavy atom. The molecule has 5 heteroatoms. The highest BCUT2D eigenvalue weighted by Gasteiger charge is 2.27. The second kappa shape index (κ2) is 6.51. The van der Waals surface area contributed by atoms with Crippen LogP contribution in [0.4, 0.5) is 0 Å². The maximum Gasteiger partial charge on any atom is 0.220 e. The van der Waals surface area contributed by atoms with Crippen molar-refractivity contribution in [3.8, 4) is 34.1 Å². The molecule has 0 bridgehead atoms. The number of ether oxygens (including phenoxy) is 4. The van der Waals surface area contributed by atoms with Crippen LogP contribution in [0.3, 0.4) is 0 Å². The topological polar surface area (TPSA) is 54.0 Å². The number of allylic oxidation sites excluding steroid dienone is 1. The van der Waals surface area contributed by atoms with E-state index in [1.165, 1.54) is 7.11 Å². The summed E-state index contributed by atoms with van der Waals surface area (Å²) in [5.41, 5.74) is 4.18. The highest BCUT2D eigenvalue weighted by Crippen LogP contribution is 2.51. The second-order valence-corrected chi connectivity index (χ2v) is 5.70. The van der Waals surface area contributed by atoms with Crippen LogP contribution in [0.2, 0.25) is 0 Å². The quantitative estimate of drug-likeness (QED) is 0.855. The second-order valence-electron chi connectivity index (χ2n) is 5.70. The van der Waals surface area contributed by atoms with E-state index in [0.717, 1.165) is 27.8 Å². The Kier molecular flexibility index (Phi) is 4.40. The zero-order valence-electron chi connectivity index (χ0n) is 14.8. The molecule has 25 heavy (non-hydrogen) atoms. The third-order valence-corrected chi connectivity index (χ3v) is 4.40. The third-order valence-electron chi connectivity index (χ3n) is 4.40. The number of methoxy groups -OCH3 is 4. The predicted molar refractivity (Wildman–Crippen MR) is 97.1 cm³/mol. The fourth-order valence-corrected chi connectivity index (χ4v) is 3.26. The van der Waals surface area contributed by atoms with Gasteiger partial charge in [-0.1, -0.05) is 6.58 Å². The number of hydrogen-bond acceptors (Lipinski definition) is 5. The summed E-state index contributed by atoms with van der Waals surface area (Å²) in [6, 6.07) is 7.01. The van der Waals surface area contributed by atoms with Gasteiger partial charge in [-0.3, -0.25) is 4.79 Å². The van der Waals surface area contributed by atoms with Crippen molar-refractivity contribution in [3.05, 3.63) is 52.2 Å². The molecule has 0 saturated heterocycles. The standard InChI is InChI=1S/C20H20O5/c1-11-8-12-9-17(23-3)19(24-4)20(25-5)18(12)13-6-7-16(22-2)15(21)10-14(11)13/h6-7,9-10H,1,8H2,2-5H3. The molecule has 130 valence electrons. The van der Waals surface area contributed by atoms with Gasteiger partial charge in [0.2, 0.25) is 11.2 Å². The lowest BCUT2D eigenvalue weighted by Crippen LogP contribution is -2.07. The minimum Gasteiger partial charge on any atom is -0.493 e. The molecule has 2 aromatic carbocycles. The maximum absolute atomic E-state index is 12.3. The van der Waals surface area contributed by atoms with Gasteiger partial charge in [-0.2, -0.15) is 0 Å².